The molecule has 0 aliphatic carbocycles. The van der Waals surface area contributed by atoms with Crippen LogP contribution in [-0.4, -0.2) is 41.7 Å². The minimum absolute atomic E-state index is 0.250. The zero-order valence-electron chi connectivity index (χ0n) is 14.1. The van der Waals surface area contributed by atoms with Gasteiger partial charge >= 0.3 is 5.97 Å². The molecule has 0 aromatic heterocycles. The number of hydrogen-bond acceptors (Lipinski definition) is 4. The van der Waals surface area contributed by atoms with Crippen LogP contribution in [0.15, 0.2) is 30.3 Å². The molecular formula is C19H27NO3. The zero-order valence-corrected chi connectivity index (χ0v) is 14.1. The third-order valence-corrected chi connectivity index (χ3v) is 5.54. The van der Waals surface area contributed by atoms with Crippen molar-refractivity contribution in [3.8, 4) is 0 Å². The number of aliphatic hydroxyl groups is 1. The van der Waals surface area contributed by atoms with E-state index in [-0.39, 0.29) is 5.92 Å². The average molecular weight is 317 g/mol. The summed E-state index contributed by atoms with van der Waals surface area (Å²) in [5.74, 6) is 0.00340. The molecule has 0 saturated carbocycles. The van der Waals surface area contributed by atoms with Crippen molar-refractivity contribution in [2.75, 3.05) is 19.7 Å². The van der Waals surface area contributed by atoms with E-state index in [0.717, 1.165) is 25.4 Å². The molecule has 0 spiro atoms. The third kappa shape index (κ3) is 3.15. The molecule has 4 rings (SSSR count). The maximum Gasteiger partial charge on any atom is 0.343 e. The smallest absolute Gasteiger partial charge is 0.343 e. The minimum Gasteiger partial charge on any atom is -0.462 e. The number of rotatable bonds is 5. The molecule has 126 valence electrons. The van der Waals surface area contributed by atoms with Gasteiger partial charge in [0.2, 0.25) is 0 Å². The van der Waals surface area contributed by atoms with E-state index >= 15 is 0 Å². The Morgan fingerprint density at radius 1 is 1.30 bits per heavy atom. The maximum atomic E-state index is 12.7. The van der Waals surface area contributed by atoms with E-state index in [1.54, 1.807) is 12.1 Å². The summed E-state index contributed by atoms with van der Waals surface area (Å²) >= 11 is 0. The Balaban J connectivity index is 1.68. The highest BCUT2D eigenvalue weighted by atomic mass is 16.6. The van der Waals surface area contributed by atoms with Crippen molar-refractivity contribution in [2.45, 2.75) is 44.8 Å². The molecule has 3 fully saturated rings. The lowest BCUT2D eigenvalue weighted by Gasteiger charge is -2.45. The van der Waals surface area contributed by atoms with Crippen LogP contribution in [0.3, 0.4) is 0 Å². The Morgan fingerprint density at radius 3 is 2.48 bits per heavy atom. The van der Waals surface area contributed by atoms with Crippen LogP contribution in [-0.2, 0) is 15.1 Å². The molecule has 3 heterocycles. The Morgan fingerprint density at radius 2 is 1.96 bits per heavy atom. The summed E-state index contributed by atoms with van der Waals surface area (Å²) in [6.07, 6.45) is 3.65. The molecule has 4 nitrogen and oxygen atoms in total. The number of esters is 1. The molecule has 2 unspecified atom stereocenters. The van der Waals surface area contributed by atoms with Gasteiger partial charge in [-0.2, -0.15) is 0 Å². The maximum absolute atomic E-state index is 12.7. The first-order chi connectivity index (χ1) is 11.0. The summed E-state index contributed by atoms with van der Waals surface area (Å²) in [6, 6.07) is 9.44. The molecule has 1 aromatic carbocycles. The van der Waals surface area contributed by atoms with Gasteiger partial charge in [0.15, 0.2) is 5.60 Å². The lowest BCUT2D eigenvalue weighted by Crippen LogP contribution is -2.52. The van der Waals surface area contributed by atoms with Crippen molar-refractivity contribution < 1.29 is 14.6 Å². The zero-order chi connectivity index (χ0) is 16.4. The summed E-state index contributed by atoms with van der Waals surface area (Å²) in [6.45, 7) is 6.30. The van der Waals surface area contributed by atoms with Crippen LogP contribution in [0.5, 0.6) is 0 Å². The molecule has 23 heavy (non-hydrogen) atoms. The summed E-state index contributed by atoms with van der Waals surface area (Å²) in [4.78, 5) is 15.1. The third-order valence-electron chi connectivity index (χ3n) is 5.54. The standard InChI is InChI=1S/C19H27NO3/c1-14(2)19(22,16-6-4-3-5-7-16)18(21)23-13-17-12-15-8-10-20(17)11-9-15/h3-7,14-15,17,22H,8-13H2,1-2H3. The number of fused-ring (bicyclic) bond motifs is 3. The predicted octanol–water partition coefficient (Wildman–Crippen LogP) is 2.56. The van der Waals surface area contributed by atoms with Crippen molar-refractivity contribution in [3.05, 3.63) is 35.9 Å². The fourth-order valence-electron chi connectivity index (χ4n) is 3.92. The number of nitrogens with zero attached hydrogens (tertiary/aromatic N) is 1. The van der Waals surface area contributed by atoms with E-state index in [2.05, 4.69) is 4.90 Å². The fourth-order valence-corrected chi connectivity index (χ4v) is 3.92. The Bertz CT molecular complexity index is 537. The van der Waals surface area contributed by atoms with E-state index in [0.29, 0.717) is 18.2 Å². The van der Waals surface area contributed by atoms with Crippen LogP contribution in [0.4, 0.5) is 0 Å². The Kier molecular flexibility index (Phi) is 4.74. The van der Waals surface area contributed by atoms with Crippen LogP contribution in [0.2, 0.25) is 0 Å². The van der Waals surface area contributed by atoms with Gasteiger partial charge in [-0.3, -0.25) is 4.90 Å². The second kappa shape index (κ2) is 6.62. The van der Waals surface area contributed by atoms with Gasteiger partial charge in [0.1, 0.15) is 6.61 Å². The first-order valence-corrected chi connectivity index (χ1v) is 8.71. The van der Waals surface area contributed by atoms with Gasteiger partial charge in [0, 0.05) is 6.04 Å². The molecule has 3 saturated heterocycles. The number of benzene rings is 1. The van der Waals surface area contributed by atoms with E-state index in [9.17, 15) is 9.90 Å². The largest absolute Gasteiger partial charge is 0.462 e. The summed E-state index contributed by atoms with van der Waals surface area (Å²) in [5, 5.41) is 11.0. The van der Waals surface area contributed by atoms with Gasteiger partial charge in [0.25, 0.3) is 0 Å². The average Bonchev–Trinajstić information content (AvgIpc) is 2.60. The summed E-state index contributed by atoms with van der Waals surface area (Å²) < 4.78 is 5.58. The van der Waals surface area contributed by atoms with Crippen molar-refractivity contribution in [3.63, 3.8) is 0 Å². The van der Waals surface area contributed by atoms with Gasteiger partial charge < -0.3 is 9.84 Å². The van der Waals surface area contributed by atoms with Crippen molar-refractivity contribution in [2.24, 2.45) is 11.8 Å². The van der Waals surface area contributed by atoms with Crippen molar-refractivity contribution in [1.82, 2.24) is 4.90 Å². The highest BCUT2D eigenvalue weighted by Crippen LogP contribution is 2.34. The molecule has 1 N–H and O–H groups in total. The van der Waals surface area contributed by atoms with Gasteiger partial charge in [-0.15, -0.1) is 0 Å². The summed E-state index contributed by atoms with van der Waals surface area (Å²) in [5.41, 5.74) is -0.977. The van der Waals surface area contributed by atoms with E-state index in [1.165, 1.54) is 12.8 Å². The van der Waals surface area contributed by atoms with E-state index < -0.39 is 11.6 Å². The first-order valence-electron chi connectivity index (χ1n) is 8.71. The quantitative estimate of drug-likeness (QED) is 0.848. The molecule has 1 aromatic rings. The molecule has 0 amide bonds. The monoisotopic (exact) mass is 317 g/mol. The molecule has 0 radical (unpaired) electrons. The first kappa shape index (κ1) is 16.5. The highest BCUT2D eigenvalue weighted by molar-refractivity contribution is 5.81. The van der Waals surface area contributed by atoms with E-state index in [1.807, 2.05) is 32.0 Å². The van der Waals surface area contributed by atoms with Crippen LogP contribution < -0.4 is 0 Å². The second-order valence-electron chi connectivity index (χ2n) is 7.25. The normalized spacial score (nSPS) is 29.3. The van der Waals surface area contributed by atoms with Gasteiger partial charge in [-0.1, -0.05) is 44.2 Å². The fraction of sp³-hybridized carbons (Fsp3) is 0.632. The van der Waals surface area contributed by atoms with Gasteiger partial charge in [0.05, 0.1) is 0 Å². The van der Waals surface area contributed by atoms with Gasteiger partial charge in [-0.25, -0.2) is 4.79 Å². The molecule has 3 aliphatic rings. The van der Waals surface area contributed by atoms with Crippen LogP contribution >= 0.6 is 0 Å². The lowest BCUT2D eigenvalue weighted by molar-refractivity contribution is -0.175. The van der Waals surface area contributed by atoms with Crippen LogP contribution in [0.25, 0.3) is 0 Å². The number of hydrogen-bond donors (Lipinski definition) is 1. The summed E-state index contributed by atoms with van der Waals surface area (Å²) in [7, 11) is 0. The van der Waals surface area contributed by atoms with Gasteiger partial charge in [-0.05, 0) is 49.8 Å². The van der Waals surface area contributed by atoms with Crippen LogP contribution in [0.1, 0.15) is 38.7 Å². The molecular weight excluding hydrogens is 290 g/mol. The molecule has 4 heteroatoms. The Labute approximate surface area is 138 Å². The molecule has 2 bridgehead atoms. The highest BCUT2D eigenvalue weighted by Gasteiger charge is 2.43. The van der Waals surface area contributed by atoms with Crippen molar-refractivity contribution >= 4 is 5.97 Å². The number of carbonyl (C=O) groups excluding carboxylic acids is 1. The number of ether oxygens (including phenoxy) is 1. The second-order valence-corrected chi connectivity index (χ2v) is 7.25. The van der Waals surface area contributed by atoms with Crippen LogP contribution in [0, 0.1) is 11.8 Å². The minimum atomic E-state index is -1.58. The SMILES string of the molecule is CC(C)C(O)(C(=O)OCC1CC2CCN1CC2)c1ccccc1. The molecule has 2 atom stereocenters. The number of piperidine rings is 3. The number of carbonyl (C=O) groups is 1. The molecule has 3 aliphatic heterocycles. The predicted molar refractivity (Wildman–Crippen MR) is 88.8 cm³/mol. The lowest BCUT2D eigenvalue weighted by atomic mass is 9.83. The van der Waals surface area contributed by atoms with Crippen molar-refractivity contribution in [1.29, 1.82) is 0 Å². The Hall–Kier alpha value is -1.39. The topological polar surface area (TPSA) is 49.8 Å². The van der Waals surface area contributed by atoms with E-state index in [4.69, 9.17) is 4.74 Å².